The van der Waals surface area contributed by atoms with E-state index in [-0.39, 0.29) is 5.41 Å². The van der Waals surface area contributed by atoms with E-state index in [4.69, 9.17) is 5.26 Å². The van der Waals surface area contributed by atoms with Gasteiger partial charge in [0.15, 0.2) is 0 Å². The predicted octanol–water partition coefficient (Wildman–Crippen LogP) is 2.24. The Morgan fingerprint density at radius 2 is 2.30 bits per heavy atom. The summed E-state index contributed by atoms with van der Waals surface area (Å²) in [5.74, 6) is 1.57. The molecule has 6 heteroatoms. The Kier molecular flexibility index (Phi) is 3.11. The van der Waals surface area contributed by atoms with Crippen molar-refractivity contribution in [3.63, 3.8) is 0 Å². The predicted molar refractivity (Wildman–Crippen MR) is 74.9 cm³/mol. The molecule has 0 spiro atoms. The summed E-state index contributed by atoms with van der Waals surface area (Å²) in [4.78, 5) is 16.4. The van der Waals surface area contributed by atoms with Gasteiger partial charge in [-0.3, -0.25) is 0 Å². The molecule has 0 saturated heterocycles. The molecule has 2 aromatic rings. The molecule has 1 saturated carbocycles. The highest BCUT2D eigenvalue weighted by Crippen LogP contribution is 2.46. The van der Waals surface area contributed by atoms with Gasteiger partial charge in [0.2, 0.25) is 5.95 Å². The molecule has 2 heterocycles. The average Bonchev–Trinajstić information content (AvgIpc) is 3.03. The number of H-pyrrole nitrogens is 1. The largest absolute Gasteiger partial charge is 0.353 e. The molecule has 0 bridgehead atoms. The summed E-state index contributed by atoms with van der Waals surface area (Å²) in [6, 6.07) is 3.93. The lowest BCUT2D eigenvalue weighted by Gasteiger charge is -2.04. The van der Waals surface area contributed by atoms with Crippen LogP contribution in [-0.4, -0.2) is 26.5 Å². The fourth-order valence-electron chi connectivity index (χ4n) is 2.01. The van der Waals surface area contributed by atoms with E-state index in [9.17, 15) is 0 Å². The van der Waals surface area contributed by atoms with Crippen LogP contribution in [0.1, 0.15) is 32.0 Å². The highest BCUT2D eigenvalue weighted by molar-refractivity contribution is 5.55. The second-order valence-corrected chi connectivity index (χ2v) is 5.31. The number of nitrogens with zero attached hydrogens (tertiary/aromatic N) is 4. The maximum atomic E-state index is 8.52. The lowest BCUT2D eigenvalue weighted by molar-refractivity contribution is 0.724. The summed E-state index contributed by atoms with van der Waals surface area (Å²) in [6.07, 6.45) is 6.33. The fraction of sp³-hybridized carbons (Fsp3) is 0.429. The molecule has 0 unspecified atom stereocenters. The number of hydrogen-bond acceptors (Lipinski definition) is 5. The Balaban J connectivity index is 1.78. The normalized spacial score (nSPS) is 15.6. The number of rotatable bonds is 5. The van der Waals surface area contributed by atoms with Gasteiger partial charge in [-0.1, -0.05) is 6.92 Å². The van der Waals surface area contributed by atoms with Crippen molar-refractivity contribution in [3.8, 4) is 17.5 Å². The van der Waals surface area contributed by atoms with Crippen LogP contribution in [0.25, 0.3) is 11.4 Å². The zero-order valence-corrected chi connectivity index (χ0v) is 11.3. The van der Waals surface area contributed by atoms with E-state index in [1.54, 1.807) is 6.20 Å². The lowest BCUT2D eigenvalue weighted by Crippen LogP contribution is -2.05. The molecule has 6 nitrogen and oxygen atoms in total. The van der Waals surface area contributed by atoms with Crippen LogP contribution in [0.2, 0.25) is 0 Å². The highest BCUT2D eigenvalue weighted by atomic mass is 15.1. The average molecular weight is 268 g/mol. The van der Waals surface area contributed by atoms with Gasteiger partial charge < -0.3 is 10.3 Å². The Labute approximate surface area is 117 Å². The van der Waals surface area contributed by atoms with E-state index < -0.39 is 0 Å². The van der Waals surface area contributed by atoms with E-state index in [1.807, 2.05) is 12.3 Å². The molecule has 2 aromatic heterocycles. The zero-order chi connectivity index (χ0) is 14.0. The second kappa shape index (κ2) is 4.93. The van der Waals surface area contributed by atoms with Gasteiger partial charge in [0.1, 0.15) is 5.82 Å². The van der Waals surface area contributed by atoms with Crippen LogP contribution in [0, 0.1) is 11.3 Å². The number of hydrogen-bond donors (Lipinski definition) is 2. The molecule has 3 rings (SSSR count). The second-order valence-electron chi connectivity index (χ2n) is 5.31. The van der Waals surface area contributed by atoms with Gasteiger partial charge in [0, 0.05) is 18.2 Å². The maximum Gasteiger partial charge on any atom is 0.223 e. The molecule has 0 amide bonds. The number of aromatic amines is 1. The van der Waals surface area contributed by atoms with Crippen molar-refractivity contribution in [2.75, 3.05) is 11.9 Å². The summed E-state index contributed by atoms with van der Waals surface area (Å²) in [6.45, 7) is 2.76. The van der Waals surface area contributed by atoms with E-state index in [2.05, 4.69) is 38.2 Å². The van der Waals surface area contributed by atoms with E-state index in [0.717, 1.165) is 17.2 Å². The van der Waals surface area contributed by atoms with Gasteiger partial charge in [0.25, 0.3) is 0 Å². The fourth-order valence-corrected chi connectivity index (χ4v) is 2.01. The first-order chi connectivity index (χ1) is 9.71. The molecule has 2 N–H and O–H groups in total. The van der Waals surface area contributed by atoms with E-state index >= 15 is 0 Å². The molecule has 1 aliphatic rings. The third-order valence-corrected chi connectivity index (χ3v) is 3.60. The molecule has 1 fully saturated rings. The Bertz CT molecular complexity index is 650. The third kappa shape index (κ3) is 2.48. The van der Waals surface area contributed by atoms with Crippen LogP contribution in [-0.2, 0) is 5.41 Å². The van der Waals surface area contributed by atoms with Crippen molar-refractivity contribution in [1.29, 1.82) is 5.26 Å². The van der Waals surface area contributed by atoms with Crippen LogP contribution in [0.3, 0.4) is 0 Å². The first kappa shape index (κ1) is 12.6. The first-order valence-electron chi connectivity index (χ1n) is 6.71. The minimum Gasteiger partial charge on any atom is -0.353 e. The summed E-state index contributed by atoms with van der Waals surface area (Å²) < 4.78 is 0. The molecule has 1 aliphatic carbocycles. The van der Waals surface area contributed by atoms with Gasteiger partial charge in [-0.05, 0) is 18.9 Å². The number of nitriles is 1. The van der Waals surface area contributed by atoms with Gasteiger partial charge in [-0.25, -0.2) is 15.0 Å². The van der Waals surface area contributed by atoms with Crippen LogP contribution in [0.15, 0.2) is 18.5 Å². The van der Waals surface area contributed by atoms with E-state index in [1.165, 1.54) is 12.8 Å². The molecule has 102 valence electrons. The Morgan fingerprint density at radius 3 is 3.05 bits per heavy atom. The SMILES string of the molecule is CC1(c2ncc(-c3ccnc(NCCC#N)n3)[nH]2)CC1. The van der Waals surface area contributed by atoms with Crippen molar-refractivity contribution >= 4 is 5.95 Å². The first-order valence-corrected chi connectivity index (χ1v) is 6.71. The Morgan fingerprint density at radius 1 is 1.45 bits per heavy atom. The minimum atomic E-state index is 0.221. The topological polar surface area (TPSA) is 90.3 Å². The van der Waals surface area contributed by atoms with Crippen LogP contribution in [0.4, 0.5) is 5.95 Å². The van der Waals surface area contributed by atoms with Crippen LogP contribution in [0.5, 0.6) is 0 Å². The van der Waals surface area contributed by atoms with Crippen molar-refractivity contribution in [1.82, 2.24) is 19.9 Å². The molecule has 0 radical (unpaired) electrons. The molecule has 0 aromatic carbocycles. The van der Waals surface area contributed by atoms with Crippen molar-refractivity contribution < 1.29 is 0 Å². The maximum absolute atomic E-state index is 8.52. The summed E-state index contributed by atoms with van der Waals surface area (Å²) >= 11 is 0. The van der Waals surface area contributed by atoms with Crippen LogP contribution < -0.4 is 5.32 Å². The minimum absolute atomic E-state index is 0.221. The number of nitrogens with one attached hydrogen (secondary N) is 2. The quantitative estimate of drug-likeness (QED) is 0.812. The third-order valence-electron chi connectivity index (χ3n) is 3.60. The summed E-state index contributed by atoms with van der Waals surface area (Å²) in [7, 11) is 0. The molecular weight excluding hydrogens is 252 g/mol. The zero-order valence-electron chi connectivity index (χ0n) is 11.3. The van der Waals surface area contributed by atoms with Crippen molar-refractivity contribution in [2.45, 2.75) is 31.6 Å². The van der Waals surface area contributed by atoms with Gasteiger partial charge in [-0.2, -0.15) is 5.26 Å². The number of anilines is 1. The molecule has 20 heavy (non-hydrogen) atoms. The molecule has 0 atom stereocenters. The summed E-state index contributed by atoms with van der Waals surface area (Å²) in [5.41, 5.74) is 1.93. The van der Waals surface area contributed by atoms with Crippen molar-refractivity contribution in [2.24, 2.45) is 0 Å². The standard InChI is InChI=1S/C14H16N6/c1-14(4-5-14)12-18-9-11(19-12)10-3-8-17-13(20-10)16-7-2-6-15/h3,8-9H,2,4-5,7H2,1H3,(H,18,19)(H,16,17,20). The molecule has 0 aliphatic heterocycles. The molecular formula is C14H16N6. The summed E-state index contributed by atoms with van der Waals surface area (Å²) in [5, 5.41) is 11.5. The number of imidazole rings is 1. The monoisotopic (exact) mass is 268 g/mol. The lowest BCUT2D eigenvalue weighted by atomic mass is 10.1. The Hall–Kier alpha value is -2.42. The van der Waals surface area contributed by atoms with Gasteiger partial charge in [-0.15, -0.1) is 0 Å². The van der Waals surface area contributed by atoms with Crippen LogP contribution >= 0.6 is 0 Å². The smallest absolute Gasteiger partial charge is 0.223 e. The van der Waals surface area contributed by atoms with Crippen molar-refractivity contribution in [3.05, 3.63) is 24.3 Å². The van der Waals surface area contributed by atoms with Gasteiger partial charge in [0.05, 0.1) is 30.1 Å². The highest BCUT2D eigenvalue weighted by Gasteiger charge is 2.41. The number of aromatic nitrogens is 4. The van der Waals surface area contributed by atoms with Gasteiger partial charge >= 0.3 is 0 Å². The van der Waals surface area contributed by atoms with E-state index in [0.29, 0.717) is 18.9 Å².